The predicted molar refractivity (Wildman–Crippen MR) is 116 cm³/mol. The van der Waals surface area contributed by atoms with Crippen LogP contribution in [0.25, 0.3) is 0 Å². The van der Waals surface area contributed by atoms with Gasteiger partial charge in [0.25, 0.3) is 5.91 Å². The Labute approximate surface area is 180 Å². The lowest BCUT2D eigenvalue weighted by molar-refractivity contribution is -0.116. The van der Waals surface area contributed by atoms with Crippen molar-refractivity contribution in [2.75, 3.05) is 43.1 Å². The smallest absolute Gasteiger partial charge is 0.254 e. The second-order valence-electron chi connectivity index (χ2n) is 6.98. The molecule has 2 aromatic carbocycles. The van der Waals surface area contributed by atoms with Gasteiger partial charge in [0, 0.05) is 24.2 Å². The summed E-state index contributed by atoms with van der Waals surface area (Å²) in [6.45, 7) is 0.173. The first kappa shape index (κ1) is 21.9. The number of benzene rings is 2. The van der Waals surface area contributed by atoms with Crippen LogP contribution in [0, 0.1) is 0 Å². The molecule has 0 atom stereocenters. The van der Waals surface area contributed by atoms with Gasteiger partial charge < -0.3 is 15.0 Å². The minimum atomic E-state index is -3.35. The summed E-state index contributed by atoms with van der Waals surface area (Å²) in [5.41, 5.74) is 2.17. The number of ether oxygens (including phenoxy) is 1. The van der Waals surface area contributed by atoms with Gasteiger partial charge in [-0.2, -0.15) is 0 Å². The average molecular weight is 452 g/mol. The summed E-state index contributed by atoms with van der Waals surface area (Å²) in [6.07, 6.45) is 1.69. The van der Waals surface area contributed by atoms with Gasteiger partial charge in [0.1, 0.15) is 5.75 Å². The molecule has 0 radical (unpaired) electrons. The number of likely N-dealkylation sites (N-methyl/N-ethyl adjacent to an activating group) is 1. The Morgan fingerprint density at radius 2 is 1.97 bits per heavy atom. The third-order valence-corrected chi connectivity index (χ3v) is 6.16. The summed E-state index contributed by atoms with van der Waals surface area (Å²) in [7, 11) is -0.354. The first-order valence-corrected chi connectivity index (χ1v) is 11.3. The molecule has 0 fully saturated rings. The van der Waals surface area contributed by atoms with E-state index in [1.54, 1.807) is 36.4 Å². The maximum absolute atomic E-state index is 12.8. The van der Waals surface area contributed by atoms with Gasteiger partial charge in [-0.25, -0.2) is 8.42 Å². The number of nitrogens with one attached hydrogen (secondary N) is 1. The van der Waals surface area contributed by atoms with E-state index < -0.39 is 15.9 Å². The summed E-state index contributed by atoms with van der Waals surface area (Å²) in [5, 5.41) is 3.13. The van der Waals surface area contributed by atoms with Crippen LogP contribution in [0.1, 0.15) is 15.9 Å². The van der Waals surface area contributed by atoms with E-state index in [4.69, 9.17) is 16.3 Å². The molecule has 0 bridgehead atoms. The van der Waals surface area contributed by atoms with E-state index in [1.165, 1.54) is 23.4 Å². The number of hydrogen-bond acceptors (Lipinski definition) is 5. The van der Waals surface area contributed by atoms with E-state index in [0.717, 1.165) is 11.8 Å². The molecule has 1 heterocycles. The van der Waals surface area contributed by atoms with Gasteiger partial charge in [-0.1, -0.05) is 11.6 Å². The van der Waals surface area contributed by atoms with Crippen LogP contribution in [-0.2, 0) is 21.2 Å². The number of amides is 2. The fourth-order valence-electron chi connectivity index (χ4n) is 3.32. The van der Waals surface area contributed by atoms with Crippen molar-refractivity contribution in [2.45, 2.75) is 6.42 Å². The van der Waals surface area contributed by atoms with E-state index in [1.807, 2.05) is 0 Å². The lowest BCUT2D eigenvalue weighted by Gasteiger charge is -2.19. The molecule has 0 saturated heterocycles. The molecule has 160 valence electrons. The fourth-order valence-corrected chi connectivity index (χ4v) is 4.45. The number of nitrogens with zero attached hydrogens (tertiary/aromatic N) is 2. The highest BCUT2D eigenvalue weighted by atomic mass is 35.5. The van der Waals surface area contributed by atoms with Crippen LogP contribution in [0.2, 0.25) is 5.02 Å². The van der Waals surface area contributed by atoms with Gasteiger partial charge in [0.05, 0.1) is 31.3 Å². The summed E-state index contributed by atoms with van der Waals surface area (Å²) >= 11 is 5.97. The Hall–Kier alpha value is -2.78. The number of sulfonamides is 1. The highest BCUT2D eigenvalue weighted by Gasteiger charge is 2.27. The number of carbonyl (C=O) groups is 2. The van der Waals surface area contributed by atoms with Crippen molar-refractivity contribution in [1.82, 2.24) is 4.90 Å². The largest absolute Gasteiger partial charge is 0.495 e. The molecule has 3 rings (SSSR count). The molecule has 8 nitrogen and oxygen atoms in total. The van der Waals surface area contributed by atoms with Crippen LogP contribution in [0.4, 0.5) is 11.4 Å². The average Bonchev–Trinajstić information content (AvgIpc) is 3.11. The first-order valence-electron chi connectivity index (χ1n) is 9.09. The molecule has 0 aromatic heterocycles. The Balaban J connectivity index is 1.69. The molecule has 0 aliphatic carbocycles. The van der Waals surface area contributed by atoms with Gasteiger partial charge in [-0.05, 0) is 48.4 Å². The van der Waals surface area contributed by atoms with Crippen LogP contribution in [0.15, 0.2) is 36.4 Å². The molecule has 1 aliphatic rings. The molecule has 10 heteroatoms. The normalized spacial score (nSPS) is 13.0. The predicted octanol–water partition coefficient (Wildman–Crippen LogP) is 2.38. The molecule has 0 saturated carbocycles. The van der Waals surface area contributed by atoms with Crippen molar-refractivity contribution in [1.29, 1.82) is 0 Å². The zero-order valence-corrected chi connectivity index (χ0v) is 18.4. The maximum Gasteiger partial charge on any atom is 0.254 e. The quantitative estimate of drug-likeness (QED) is 0.727. The van der Waals surface area contributed by atoms with Gasteiger partial charge >= 0.3 is 0 Å². The molecular weight excluding hydrogens is 430 g/mol. The van der Waals surface area contributed by atoms with Crippen molar-refractivity contribution in [3.63, 3.8) is 0 Å². The van der Waals surface area contributed by atoms with Crippen LogP contribution < -0.4 is 14.4 Å². The Bertz CT molecular complexity index is 1100. The lowest BCUT2D eigenvalue weighted by atomic mass is 10.1. The van der Waals surface area contributed by atoms with Crippen molar-refractivity contribution in [2.24, 2.45) is 0 Å². The SMILES string of the molecule is COc1ccc(Cl)cc1NC(=O)CN(C)C(=O)c1ccc2c(c1)CCN2S(C)(=O)=O. The third kappa shape index (κ3) is 4.68. The van der Waals surface area contributed by atoms with E-state index in [-0.39, 0.29) is 12.5 Å². The van der Waals surface area contributed by atoms with Gasteiger partial charge in [0.2, 0.25) is 15.9 Å². The fraction of sp³-hybridized carbons (Fsp3) is 0.300. The minimum Gasteiger partial charge on any atom is -0.495 e. The standard InChI is InChI=1S/C20H22ClN3O5S/c1-23(12-19(25)22-16-11-15(21)5-7-18(16)29-2)20(26)14-4-6-17-13(10-14)8-9-24(17)30(3,27)28/h4-7,10-11H,8-9,12H2,1-3H3,(H,22,25). The highest BCUT2D eigenvalue weighted by Crippen LogP contribution is 2.31. The summed E-state index contributed by atoms with van der Waals surface area (Å²) in [6, 6.07) is 9.72. The van der Waals surface area contributed by atoms with Gasteiger partial charge in [-0.3, -0.25) is 13.9 Å². The molecule has 30 heavy (non-hydrogen) atoms. The molecular formula is C20H22ClN3O5S. The molecule has 0 unspecified atom stereocenters. The molecule has 1 N–H and O–H groups in total. The van der Waals surface area contributed by atoms with Crippen LogP contribution in [0.3, 0.4) is 0 Å². The number of anilines is 2. The zero-order chi connectivity index (χ0) is 22.1. The van der Waals surface area contributed by atoms with Crippen LogP contribution in [-0.4, -0.2) is 58.6 Å². The third-order valence-electron chi connectivity index (χ3n) is 4.74. The van der Waals surface area contributed by atoms with Crippen molar-refractivity contribution < 1.29 is 22.7 Å². The second-order valence-corrected chi connectivity index (χ2v) is 9.33. The maximum atomic E-state index is 12.8. The lowest BCUT2D eigenvalue weighted by Crippen LogP contribution is -2.35. The van der Waals surface area contributed by atoms with E-state index in [0.29, 0.717) is 40.7 Å². The van der Waals surface area contributed by atoms with Crippen LogP contribution in [0.5, 0.6) is 5.75 Å². The van der Waals surface area contributed by atoms with Crippen molar-refractivity contribution >= 4 is 44.8 Å². The number of rotatable bonds is 6. The van der Waals surface area contributed by atoms with Crippen molar-refractivity contribution in [3.8, 4) is 5.75 Å². The number of carbonyl (C=O) groups excluding carboxylic acids is 2. The van der Waals surface area contributed by atoms with E-state index >= 15 is 0 Å². The topological polar surface area (TPSA) is 96.0 Å². The Morgan fingerprint density at radius 3 is 2.63 bits per heavy atom. The molecule has 0 spiro atoms. The monoisotopic (exact) mass is 451 g/mol. The van der Waals surface area contributed by atoms with Gasteiger partial charge in [0.15, 0.2) is 0 Å². The Kier molecular flexibility index (Phi) is 6.23. The second kappa shape index (κ2) is 8.53. The number of fused-ring (bicyclic) bond motifs is 1. The summed E-state index contributed by atoms with van der Waals surface area (Å²) < 4.78 is 30.2. The number of methoxy groups -OCH3 is 1. The Morgan fingerprint density at radius 1 is 1.23 bits per heavy atom. The van der Waals surface area contributed by atoms with E-state index in [9.17, 15) is 18.0 Å². The molecule has 1 aliphatic heterocycles. The molecule has 2 amide bonds. The van der Waals surface area contributed by atoms with Gasteiger partial charge in [-0.15, -0.1) is 0 Å². The summed E-state index contributed by atoms with van der Waals surface area (Å²) in [4.78, 5) is 26.4. The zero-order valence-electron chi connectivity index (χ0n) is 16.8. The highest BCUT2D eigenvalue weighted by molar-refractivity contribution is 7.92. The van der Waals surface area contributed by atoms with Crippen LogP contribution >= 0.6 is 11.6 Å². The number of halogens is 1. The summed E-state index contributed by atoms with van der Waals surface area (Å²) in [5.74, 6) is -0.296. The minimum absolute atomic E-state index is 0.180. The number of hydrogen-bond donors (Lipinski definition) is 1. The van der Waals surface area contributed by atoms with E-state index in [2.05, 4.69) is 5.32 Å². The first-order chi connectivity index (χ1) is 14.1. The molecule has 2 aromatic rings. The van der Waals surface area contributed by atoms with Crippen molar-refractivity contribution in [3.05, 3.63) is 52.5 Å².